The Morgan fingerprint density at radius 2 is 1.86 bits per heavy atom. The molecule has 3 unspecified atom stereocenters. The molecular formula is C29H38ClN3O2. The lowest BCUT2D eigenvalue weighted by molar-refractivity contribution is -0.123. The van der Waals surface area contributed by atoms with Gasteiger partial charge in [-0.05, 0) is 75.8 Å². The van der Waals surface area contributed by atoms with Crippen molar-refractivity contribution in [1.29, 1.82) is 0 Å². The molecule has 2 aromatic carbocycles. The Kier molecular flexibility index (Phi) is 8.38. The Bertz CT molecular complexity index is 1060. The summed E-state index contributed by atoms with van der Waals surface area (Å²) in [5, 5.41) is 3.68. The SMILES string of the molecule is CCCCC1C(C(=O)Nc2cc(N3CCCC3C)ccc2Cl)CCCN1C(=O)c1ccccc1C. The van der Waals surface area contributed by atoms with E-state index in [0.717, 1.165) is 55.5 Å². The normalized spacial score (nSPS) is 22.3. The summed E-state index contributed by atoms with van der Waals surface area (Å²) in [7, 11) is 0. The first-order valence-corrected chi connectivity index (χ1v) is 13.5. The van der Waals surface area contributed by atoms with Crippen LogP contribution in [0.3, 0.4) is 0 Å². The van der Waals surface area contributed by atoms with Crippen LogP contribution in [0.4, 0.5) is 11.4 Å². The maximum atomic E-state index is 13.6. The molecule has 6 heteroatoms. The topological polar surface area (TPSA) is 52.7 Å². The molecule has 35 heavy (non-hydrogen) atoms. The highest BCUT2D eigenvalue weighted by molar-refractivity contribution is 6.33. The molecule has 2 heterocycles. The Hall–Kier alpha value is -2.53. The Balaban J connectivity index is 1.56. The van der Waals surface area contributed by atoms with E-state index in [1.54, 1.807) is 0 Å². The number of hydrogen-bond acceptors (Lipinski definition) is 3. The minimum absolute atomic E-state index is 0.0322. The molecular weight excluding hydrogens is 458 g/mol. The number of carbonyl (C=O) groups excluding carboxylic acids is 2. The minimum atomic E-state index is -0.256. The fourth-order valence-electron chi connectivity index (χ4n) is 5.68. The second-order valence-corrected chi connectivity index (χ2v) is 10.5. The number of carbonyl (C=O) groups is 2. The van der Waals surface area contributed by atoms with Crippen molar-refractivity contribution in [3.05, 3.63) is 58.6 Å². The first-order chi connectivity index (χ1) is 16.9. The zero-order chi connectivity index (χ0) is 24.9. The molecule has 2 fully saturated rings. The third kappa shape index (κ3) is 5.66. The van der Waals surface area contributed by atoms with E-state index in [1.807, 2.05) is 54.3 Å². The number of rotatable bonds is 7. The molecule has 4 rings (SSSR count). The number of piperidine rings is 1. The Labute approximate surface area is 214 Å². The van der Waals surface area contributed by atoms with Crippen LogP contribution in [-0.4, -0.2) is 41.9 Å². The molecule has 2 aliphatic rings. The van der Waals surface area contributed by atoms with Gasteiger partial charge in [-0.2, -0.15) is 0 Å². The third-order valence-electron chi connectivity index (χ3n) is 7.70. The van der Waals surface area contributed by atoms with E-state index < -0.39 is 0 Å². The van der Waals surface area contributed by atoms with Gasteiger partial charge in [-0.15, -0.1) is 0 Å². The summed E-state index contributed by atoms with van der Waals surface area (Å²) in [5.74, 6) is -0.264. The number of amides is 2. The van der Waals surface area contributed by atoms with Crippen molar-refractivity contribution in [3.63, 3.8) is 0 Å². The average molecular weight is 496 g/mol. The lowest BCUT2D eigenvalue weighted by Gasteiger charge is -2.41. The fraction of sp³-hybridized carbons (Fsp3) is 0.517. The number of nitrogens with one attached hydrogen (secondary N) is 1. The standard InChI is InChI=1S/C29H38ClN3O2/c1-4-5-14-27-24(13-9-18-33(27)29(35)23-12-7-6-10-20(23)2)28(34)31-26-19-22(15-16-25(26)30)32-17-8-11-21(32)3/h6-7,10,12,15-16,19,21,24,27H,4-5,8-9,11,13-14,17-18H2,1-3H3,(H,31,34). The summed E-state index contributed by atoms with van der Waals surface area (Å²) in [6, 6.07) is 14.0. The highest BCUT2D eigenvalue weighted by Gasteiger charge is 2.38. The molecule has 0 spiro atoms. The van der Waals surface area contributed by atoms with E-state index in [9.17, 15) is 9.59 Å². The Morgan fingerprint density at radius 1 is 1.09 bits per heavy atom. The molecule has 5 nitrogen and oxygen atoms in total. The van der Waals surface area contributed by atoms with Gasteiger partial charge in [0, 0.05) is 36.4 Å². The van der Waals surface area contributed by atoms with Crippen LogP contribution in [0.1, 0.15) is 74.7 Å². The maximum Gasteiger partial charge on any atom is 0.254 e. The quantitative estimate of drug-likeness (QED) is 0.465. The molecule has 2 aromatic rings. The second kappa shape index (κ2) is 11.5. The lowest BCUT2D eigenvalue weighted by atomic mass is 9.84. The molecule has 3 atom stereocenters. The van der Waals surface area contributed by atoms with Gasteiger partial charge in [0.05, 0.1) is 16.6 Å². The second-order valence-electron chi connectivity index (χ2n) is 10.1. The highest BCUT2D eigenvalue weighted by Crippen LogP contribution is 2.34. The molecule has 1 N–H and O–H groups in total. The van der Waals surface area contributed by atoms with Crippen LogP contribution < -0.4 is 10.2 Å². The summed E-state index contributed by atoms with van der Waals surface area (Å²) in [6.07, 6.45) is 6.78. The number of benzene rings is 2. The van der Waals surface area contributed by atoms with Crippen molar-refractivity contribution in [3.8, 4) is 0 Å². The van der Waals surface area contributed by atoms with E-state index in [4.69, 9.17) is 11.6 Å². The molecule has 0 radical (unpaired) electrons. The molecule has 2 saturated heterocycles. The zero-order valence-electron chi connectivity index (χ0n) is 21.2. The van der Waals surface area contributed by atoms with E-state index in [2.05, 4.69) is 24.1 Å². The largest absolute Gasteiger partial charge is 0.369 e. The van der Waals surface area contributed by atoms with Gasteiger partial charge in [0.2, 0.25) is 5.91 Å². The summed E-state index contributed by atoms with van der Waals surface area (Å²) in [5.41, 5.74) is 3.45. The number of likely N-dealkylation sites (tertiary alicyclic amines) is 1. The molecule has 0 saturated carbocycles. The molecule has 2 amide bonds. The van der Waals surface area contributed by atoms with Crippen molar-refractivity contribution in [2.24, 2.45) is 5.92 Å². The van der Waals surface area contributed by atoms with Gasteiger partial charge in [0.1, 0.15) is 0 Å². The van der Waals surface area contributed by atoms with E-state index in [1.165, 1.54) is 12.8 Å². The summed E-state index contributed by atoms with van der Waals surface area (Å²) < 4.78 is 0. The molecule has 0 bridgehead atoms. The van der Waals surface area contributed by atoms with Gasteiger partial charge in [-0.25, -0.2) is 0 Å². The first-order valence-electron chi connectivity index (χ1n) is 13.1. The van der Waals surface area contributed by atoms with E-state index in [0.29, 0.717) is 23.3 Å². The summed E-state index contributed by atoms with van der Waals surface area (Å²) >= 11 is 6.52. The number of hydrogen-bond donors (Lipinski definition) is 1. The van der Waals surface area contributed by atoms with Crippen LogP contribution in [-0.2, 0) is 4.79 Å². The lowest BCUT2D eigenvalue weighted by Crippen LogP contribution is -2.52. The highest BCUT2D eigenvalue weighted by atomic mass is 35.5. The van der Waals surface area contributed by atoms with Gasteiger partial charge < -0.3 is 15.1 Å². The number of unbranched alkanes of at least 4 members (excludes halogenated alkanes) is 1. The van der Waals surface area contributed by atoms with Gasteiger partial charge in [0.15, 0.2) is 0 Å². The van der Waals surface area contributed by atoms with Gasteiger partial charge in [0.25, 0.3) is 5.91 Å². The first kappa shape index (κ1) is 25.6. The molecule has 188 valence electrons. The van der Waals surface area contributed by atoms with Gasteiger partial charge >= 0.3 is 0 Å². The maximum absolute atomic E-state index is 13.6. The number of anilines is 2. The Morgan fingerprint density at radius 3 is 2.57 bits per heavy atom. The third-order valence-corrected chi connectivity index (χ3v) is 8.03. The predicted molar refractivity (Wildman–Crippen MR) is 144 cm³/mol. The number of halogens is 1. The van der Waals surface area contributed by atoms with Crippen molar-refractivity contribution < 1.29 is 9.59 Å². The van der Waals surface area contributed by atoms with Crippen LogP contribution in [0.25, 0.3) is 0 Å². The molecule has 0 aromatic heterocycles. The smallest absolute Gasteiger partial charge is 0.254 e. The van der Waals surface area contributed by atoms with E-state index in [-0.39, 0.29) is 23.8 Å². The van der Waals surface area contributed by atoms with Crippen molar-refractivity contribution in [1.82, 2.24) is 4.90 Å². The number of nitrogens with zero attached hydrogens (tertiary/aromatic N) is 2. The van der Waals surface area contributed by atoms with Crippen molar-refractivity contribution in [2.45, 2.75) is 77.8 Å². The number of aryl methyl sites for hydroxylation is 1. The summed E-state index contributed by atoms with van der Waals surface area (Å²) in [4.78, 5) is 31.5. The van der Waals surface area contributed by atoms with Crippen LogP contribution in [0.15, 0.2) is 42.5 Å². The van der Waals surface area contributed by atoms with Crippen LogP contribution in [0.2, 0.25) is 5.02 Å². The van der Waals surface area contributed by atoms with Gasteiger partial charge in [-0.3, -0.25) is 9.59 Å². The predicted octanol–water partition coefficient (Wildman–Crippen LogP) is 6.69. The molecule has 0 aliphatic carbocycles. The van der Waals surface area contributed by atoms with E-state index >= 15 is 0 Å². The fourth-order valence-corrected chi connectivity index (χ4v) is 5.85. The van der Waals surface area contributed by atoms with Crippen LogP contribution in [0.5, 0.6) is 0 Å². The zero-order valence-corrected chi connectivity index (χ0v) is 22.0. The average Bonchev–Trinajstić information content (AvgIpc) is 3.29. The monoisotopic (exact) mass is 495 g/mol. The van der Waals surface area contributed by atoms with Crippen LogP contribution >= 0.6 is 11.6 Å². The molecule has 2 aliphatic heterocycles. The van der Waals surface area contributed by atoms with Gasteiger partial charge in [-0.1, -0.05) is 49.6 Å². The minimum Gasteiger partial charge on any atom is -0.369 e. The van der Waals surface area contributed by atoms with Crippen LogP contribution in [0, 0.1) is 12.8 Å². The van der Waals surface area contributed by atoms with Crippen molar-refractivity contribution >= 4 is 34.8 Å². The summed E-state index contributed by atoms with van der Waals surface area (Å²) in [6.45, 7) is 8.07. The van der Waals surface area contributed by atoms with Crippen molar-refractivity contribution in [2.75, 3.05) is 23.3 Å².